The zero-order valence-corrected chi connectivity index (χ0v) is 18.1. The van der Waals surface area contributed by atoms with Crippen molar-refractivity contribution < 1.29 is 4.79 Å². The number of carbonyl (C=O) groups excluding carboxylic acids is 1. The molecular formula is C25H21N5OS. The molecule has 1 aromatic heterocycles. The Labute approximate surface area is 190 Å². The quantitative estimate of drug-likeness (QED) is 0.375. The number of nitriles is 1. The number of carbonyl (C=O) groups is 1. The highest BCUT2D eigenvalue weighted by Gasteiger charge is 2.19. The fourth-order valence-electron chi connectivity index (χ4n) is 3.95. The Kier molecular flexibility index (Phi) is 5.44. The van der Waals surface area contributed by atoms with E-state index in [1.165, 1.54) is 0 Å². The number of hydrogen-bond acceptors (Lipinski definition) is 4. The van der Waals surface area contributed by atoms with Gasteiger partial charge in [-0.2, -0.15) is 5.26 Å². The molecule has 0 saturated heterocycles. The van der Waals surface area contributed by atoms with Gasteiger partial charge in [-0.05, 0) is 35.9 Å². The lowest BCUT2D eigenvalue weighted by Crippen LogP contribution is -2.29. The smallest absolute Gasteiger partial charge is 0.323 e. The molecule has 1 aliphatic heterocycles. The van der Waals surface area contributed by atoms with Gasteiger partial charge in [0, 0.05) is 46.5 Å². The average molecular weight is 440 g/mol. The van der Waals surface area contributed by atoms with Crippen LogP contribution in [0, 0.1) is 11.3 Å². The van der Waals surface area contributed by atoms with Gasteiger partial charge >= 0.3 is 6.03 Å². The summed E-state index contributed by atoms with van der Waals surface area (Å²) in [5, 5.41) is 16.2. The van der Waals surface area contributed by atoms with Crippen LogP contribution in [0.25, 0.3) is 10.9 Å². The number of para-hydroxylation sites is 1. The number of aromatic amines is 1. The van der Waals surface area contributed by atoms with Crippen LogP contribution in [-0.4, -0.2) is 23.3 Å². The van der Waals surface area contributed by atoms with E-state index in [-0.39, 0.29) is 6.03 Å². The molecule has 1 aliphatic rings. The summed E-state index contributed by atoms with van der Waals surface area (Å²) < 4.78 is 0. The molecule has 158 valence electrons. The molecule has 3 aromatic carbocycles. The molecule has 7 heteroatoms. The van der Waals surface area contributed by atoms with Gasteiger partial charge in [0.25, 0.3) is 0 Å². The van der Waals surface area contributed by atoms with E-state index in [0.29, 0.717) is 12.1 Å². The lowest BCUT2D eigenvalue weighted by Gasteiger charge is -2.31. The first-order valence-corrected chi connectivity index (χ1v) is 11.3. The van der Waals surface area contributed by atoms with Crippen molar-refractivity contribution in [1.82, 2.24) is 4.98 Å². The molecule has 32 heavy (non-hydrogen) atoms. The van der Waals surface area contributed by atoms with Crippen molar-refractivity contribution in [3.63, 3.8) is 0 Å². The number of nitrogens with one attached hydrogen (secondary N) is 3. The van der Waals surface area contributed by atoms with Gasteiger partial charge in [0.15, 0.2) is 0 Å². The van der Waals surface area contributed by atoms with Crippen molar-refractivity contribution >= 4 is 45.8 Å². The summed E-state index contributed by atoms with van der Waals surface area (Å²) in [4.78, 5) is 19.2. The minimum atomic E-state index is -0.282. The lowest BCUT2D eigenvalue weighted by atomic mass is 10.1. The van der Waals surface area contributed by atoms with Crippen LogP contribution in [0.2, 0.25) is 0 Å². The van der Waals surface area contributed by atoms with E-state index in [1.807, 2.05) is 66.7 Å². The number of rotatable bonds is 4. The molecule has 2 heterocycles. The molecule has 6 nitrogen and oxygen atoms in total. The van der Waals surface area contributed by atoms with Crippen molar-refractivity contribution in [2.75, 3.05) is 27.8 Å². The molecule has 0 aliphatic carbocycles. The van der Waals surface area contributed by atoms with Gasteiger partial charge < -0.3 is 20.5 Å². The fourth-order valence-corrected chi connectivity index (χ4v) is 5.04. The predicted octanol–water partition coefficient (Wildman–Crippen LogP) is 5.80. The molecular weight excluding hydrogens is 418 g/mol. The number of anilines is 3. The summed E-state index contributed by atoms with van der Waals surface area (Å²) in [5.74, 6) is 0.951. The van der Waals surface area contributed by atoms with E-state index >= 15 is 0 Å². The molecule has 0 bridgehead atoms. The van der Waals surface area contributed by atoms with Crippen molar-refractivity contribution in [1.29, 1.82) is 5.26 Å². The van der Waals surface area contributed by atoms with E-state index in [9.17, 15) is 10.1 Å². The Morgan fingerprint density at radius 2 is 1.94 bits per heavy atom. The van der Waals surface area contributed by atoms with Crippen molar-refractivity contribution in [3.05, 3.63) is 84.1 Å². The van der Waals surface area contributed by atoms with Gasteiger partial charge in [0.05, 0.1) is 23.0 Å². The molecule has 0 unspecified atom stereocenters. The monoisotopic (exact) mass is 439 g/mol. The number of thioether (sulfide) groups is 1. The second-order valence-electron chi connectivity index (χ2n) is 7.55. The molecule has 0 fully saturated rings. The summed E-state index contributed by atoms with van der Waals surface area (Å²) >= 11 is 1.78. The van der Waals surface area contributed by atoms with Crippen molar-refractivity contribution in [2.45, 2.75) is 11.4 Å². The molecule has 5 rings (SSSR count). The minimum absolute atomic E-state index is 0.282. The molecule has 0 atom stereocenters. The van der Waals surface area contributed by atoms with Gasteiger partial charge in [-0.1, -0.05) is 36.4 Å². The molecule has 2 amide bonds. The second kappa shape index (κ2) is 8.69. The third-order valence-corrected chi connectivity index (χ3v) is 6.54. The van der Waals surface area contributed by atoms with E-state index in [4.69, 9.17) is 0 Å². The SMILES string of the molecule is N#Cc1ccccc1CN1CCSc2cc(NC(=O)Nc3c[nH]c4ccccc34)ccc21. The maximum atomic E-state index is 12.6. The maximum Gasteiger partial charge on any atom is 0.323 e. The van der Waals surface area contributed by atoms with Crippen molar-refractivity contribution in [3.8, 4) is 6.07 Å². The van der Waals surface area contributed by atoms with Gasteiger partial charge in [-0.3, -0.25) is 0 Å². The normalized spacial score (nSPS) is 12.8. The van der Waals surface area contributed by atoms with E-state index < -0.39 is 0 Å². The van der Waals surface area contributed by atoms with Crippen LogP contribution in [0.4, 0.5) is 21.9 Å². The Balaban J connectivity index is 1.31. The van der Waals surface area contributed by atoms with Crippen LogP contribution in [-0.2, 0) is 6.54 Å². The predicted molar refractivity (Wildman–Crippen MR) is 130 cm³/mol. The zero-order chi connectivity index (χ0) is 21.9. The largest absolute Gasteiger partial charge is 0.365 e. The number of benzene rings is 3. The van der Waals surface area contributed by atoms with Gasteiger partial charge in [0.1, 0.15) is 0 Å². The van der Waals surface area contributed by atoms with Crippen LogP contribution in [0.1, 0.15) is 11.1 Å². The van der Waals surface area contributed by atoms with Gasteiger partial charge in [-0.15, -0.1) is 11.8 Å². The van der Waals surface area contributed by atoms with Crippen LogP contribution in [0.3, 0.4) is 0 Å². The highest BCUT2D eigenvalue weighted by molar-refractivity contribution is 7.99. The third-order valence-electron chi connectivity index (χ3n) is 5.51. The summed E-state index contributed by atoms with van der Waals surface area (Å²) in [7, 11) is 0. The van der Waals surface area contributed by atoms with Crippen LogP contribution >= 0.6 is 11.8 Å². The summed E-state index contributed by atoms with van der Waals surface area (Å²) in [5.41, 5.74) is 5.32. The first-order chi connectivity index (χ1) is 15.7. The Morgan fingerprint density at radius 3 is 2.84 bits per heavy atom. The molecule has 0 spiro atoms. The first kappa shape index (κ1) is 20.0. The molecule has 0 radical (unpaired) electrons. The Hall–Kier alpha value is -3.89. The third kappa shape index (κ3) is 4.01. The second-order valence-corrected chi connectivity index (χ2v) is 8.69. The summed E-state index contributed by atoms with van der Waals surface area (Å²) in [6.07, 6.45) is 1.80. The average Bonchev–Trinajstić information content (AvgIpc) is 3.22. The van der Waals surface area contributed by atoms with Crippen LogP contribution in [0.5, 0.6) is 0 Å². The highest BCUT2D eigenvalue weighted by Crippen LogP contribution is 2.37. The first-order valence-electron chi connectivity index (χ1n) is 10.4. The van der Waals surface area contributed by atoms with Gasteiger partial charge in [-0.25, -0.2) is 4.79 Å². The molecule has 4 aromatic rings. The number of amides is 2. The topological polar surface area (TPSA) is 83.9 Å². The number of fused-ring (bicyclic) bond motifs is 2. The number of urea groups is 1. The highest BCUT2D eigenvalue weighted by atomic mass is 32.2. The standard InChI is InChI=1S/C25H21N5OS/c26-14-17-5-1-2-6-18(17)16-30-11-12-32-24-13-19(9-10-23(24)30)28-25(31)29-22-15-27-21-8-4-3-7-20(21)22/h1-10,13,15,27H,11-12,16H2,(H2,28,29,31). The Morgan fingerprint density at radius 1 is 1.09 bits per heavy atom. The number of aromatic nitrogens is 1. The molecule has 3 N–H and O–H groups in total. The van der Waals surface area contributed by atoms with E-state index in [1.54, 1.807) is 18.0 Å². The number of nitrogens with zero attached hydrogens (tertiary/aromatic N) is 2. The zero-order valence-electron chi connectivity index (χ0n) is 17.3. The summed E-state index contributed by atoms with van der Waals surface area (Å²) in [6.45, 7) is 1.59. The van der Waals surface area contributed by atoms with Crippen LogP contribution in [0.15, 0.2) is 77.8 Å². The number of hydrogen-bond donors (Lipinski definition) is 3. The molecule has 0 saturated carbocycles. The maximum absolute atomic E-state index is 12.6. The van der Waals surface area contributed by atoms with E-state index in [2.05, 4.69) is 26.6 Å². The van der Waals surface area contributed by atoms with E-state index in [0.717, 1.165) is 50.7 Å². The Bertz CT molecular complexity index is 1340. The van der Waals surface area contributed by atoms with Gasteiger partial charge in [0.2, 0.25) is 0 Å². The lowest BCUT2D eigenvalue weighted by molar-refractivity contribution is 0.262. The number of H-pyrrole nitrogens is 1. The van der Waals surface area contributed by atoms with Crippen LogP contribution < -0.4 is 15.5 Å². The van der Waals surface area contributed by atoms with Crippen molar-refractivity contribution in [2.24, 2.45) is 0 Å². The minimum Gasteiger partial charge on any atom is -0.365 e. The fraction of sp³-hybridized carbons (Fsp3) is 0.120. The summed E-state index contributed by atoms with van der Waals surface area (Å²) in [6, 6.07) is 23.5.